The zero-order chi connectivity index (χ0) is 24.2. The summed E-state index contributed by atoms with van der Waals surface area (Å²) in [7, 11) is 0. The third kappa shape index (κ3) is 5.63. The van der Waals surface area contributed by atoms with E-state index in [9.17, 15) is 4.79 Å². The molecule has 0 aliphatic heterocycles. The molecule has 0 radical (unpaired) electrons. The zero-order valence-electron chi connectivity index (χ0n) is 19.8. The van der Waals surface area contributed by atoms with Crippen LogP contribution in [0.25, 0.3) is 17.0 Å². The normalized spacial score (nSPS) is 13.2. The van der Waals surface area contributed by atoms with Gasteiger partial charge in [-0.25, -0.2) is 9.97 Å². The molecule has 1 amide bonds. The summed E-state index contributed by atoms with van der Waals surface area (Å²) < 4.78 is 5.98. The summed E-state index contributed by atoms with van der Waals surface area (Å²) in [6, 6.07) is 15.8. The maximum absolute atomic E-state index is 11.8. The molecule has 176 valence electrons. The third-order valence-corrected chi connectivity index (χ3v) is 5.86. The number of carbonyl (C=O) groups is 1. The van der Waals surface area contributed by atoms with E-state index in [-0.39, 0.29) is 11.8 Å². The molecule has 2 aromatic carbocycles. The maximum Gasteiger partial charge on any atom is 0.223 e. The van der Waals surface area contributed by atoms with Gasteiger partial charge in [-0.3, -0.25) is 9.78 Å². The molecular formula is C28H27N5O2. The van der Waals surface area contributed by atoms with Crippen LogP contribution in [0.2, 0.25) is 0 Å². The Balaban J connectivity index is 1.30. The Hall–Kier alpha value is -4.26. The predicted octanol–water partition coefficient (Wildman–Crippen LogP) is 5.72. The van der Waals surface area contributed by atoms with Crippen molar-refractivity contribution in [1.82, 2.24) is 20.3 Å². The number of hydrogen-bond acceptors (Lipinski definition) is 6. The molecule has 2 heterocycles. The molecule has 1 aliphatic rings. The molecule has 0 atom stereocenters. The summed E-state index contributed by atoms with van der Waals surface area (Å²) in [5, 5.41) is 7.28. The standard InChI is InChI=1S/C28H27N5O2/c1-18-14-22(9-12-26(18)35-23-10-5-19(2)30-16-23)33-27-24-15-20(6-11-25(24)31-17-32-27)4-3-13-29-28(34)21-7-8-21/h3-6,9-12,14-17,21H,7-8,13H2,1-2H3,(H,29,34)(H,31,32,33). The van der Waals surface area contributed by atoms with E-state index in [1.165, 1.54) is 0 Å². The number of benzene rings is 2. The zero-order valence-corrected chi connectivity index (χ0v) is 19.8. The Kier molecular flexibility index (Phi) is 6.39. The number of fused-ring (bicyclic) bond motifs is 1. The summed E-state index contributed by atoms with van der Waals surface area (Å²) in [5.41, 5.74) is 4.71. The van der Waals surface area contributed by atoms with Crippen molar-refractivity contribution in [2.24, 2.45) is 5.92 Å². The lowest BCUT2D eigenvalue weighted by atomic mass is 10.1. The predicted molar refractivity (Wildman–Crippen MR) is 138 cm³/mol. The van der Waals surface area contributed by atoms with Crippen LogP contribution in [-0.4, -0.2) is 27.4 Å². The smallest absolute Gasteiger partial charge is 0.223 e. The van der Waals surface area contributed by atoms with Gasteiger partial charge in [-0.15, -0.1) is 0 Å². The Labute approximate surface area is 204 Å². The van der Waals surface area contributed by atoms with Crippen LogP contribution in [0.3, 0.4) is 0 Å². The van der Waals surface area contributed by atoms with Crippen LogP contribution in [0.1, 0.15) is 29.7 Å². The van der Waals surface area contributed by atoms with Crippen LogP contribution in [0.4, 0.5) is 11.5 Å². The number of nitrogens with one attached hydrogen (secondary N) is 2. The van der Waals surface area contributed by atoms with Gasteiger partial charge in [0.05, 0.1) is 11.7 Å². The average Bonchev–Trinajstić information content (AvgIpc) is 3.71. The Morgan fingerprint density at radius 1 is 1.06 bits per heavy atom. The fourth-order valence-electron chi connectivity index (χ4n) is 3.74. The van der Waals surface area contributed by atoms with Crippen LogP contribution in [-0.2, 0) is 4.79 Å². The highest BCUT2D eigenvalue weighted by molar-refractivity contribution is 5.92. The van der Waals surface area contributed by atoms with Gasteiger partial charge in [-0.1, -0.05) is 18.2 Å². The SMILES string of the molecule is Cc1ccc(Oc2ccc(Nc3ncnc4ccc(C=CCNC(=O)C5CC5)cc34)cc2C)cn1. The van der Waals surface area contributed by atoms with E-state index in [0.717, 1.165) is 57.8 Å². The van der Waals surface area contributed by atoms with Gasteiger partial charge < -0.3 is 15.4 Å². The highest BCUT2D eigenvalue weighted by Crippen LogP contribution is 2.30. The lowest BCUT2D eigenvalue weighted by molar-refractivity contribution is -0.122. The summed E-state index contributed by atoms with van der Waals surface area (Å²) in [6.07, 6.45) is 9.26. The van der Waals surface area contributed by atoms with E-state index >= 15 is 0 Å². The van der Waals surface area contributed by atoms with Crippen molar-refractivity contribution < 1.29 is 9.53 Å². The van der Waals surface area contributed by atoms with E-state index < -0.39 is 0 Å². The van der Waals surface area contributed by atoms with Gasteiger partial charge in [0, 0.05) is 29.2 Å². The molecule has 2 N–H and O–H groups in total. The number of rotatable bonds is 8. The van der Waals surface area contributed by atoms with Crippen LogP contribution >= 0.6 is 0 Å². The lowest BCUT2D eigenvalue weighted by Crippen LogP contribution is -2.24. The molecule has 1 saturated carbocycles. The van der Waals surface area contributed by atoms with Gasteiger partial charge >= 0.3 is 0 Å². The molecule has 35 heavy (non-hydrogen) atoms. The first-order chi connectivity index (χ1) is 17.0. The van der Waals surface area contributed by atoms with Crippen molar-refractivity contribution in [2.75, 3.05) is 11.9 Å². The summed E-state index contributed by atoms with van der Waals surface area (Å²) in [5.74, 6) is 2.57. The van der Waals surface area contributed by atoms with Gasteiger partial charge in [0.1, 0.15) is 23.6 Å². The Morgan fingerprint density at radius 2 is 1.94 bits per heavy atom. The Bertz CT molecular complexity index is 1390. The van der Waals surface area contributed by atoms with E-state index in [1.54, 1.807) is 12.5 Å². The molecule has 1 aliphatic carbocycles. The molecule has 1 fully saturated rings. The second-order valence-corrected chi connectivity index (χ2v) is 8.76. The lowest BCUT2D eigenvalue weighted by Gasteiger charge is -2.12. The molecule has 0 unspecified atom stereocenters. The van der Waals surface area contributed by atoms with E-state index in [1.807, 2.05) is 74.5 Å². The van der Waals surface area contributed by atoms with Gasteiger partial charge in [0.15, 0.2) is 0 Å². The first-order valence-corrected chi connectivity index (χ1v) is 11.7. The van der Waals surface area contributed by atoms with Crippen LogP contribution in [0.5, 0.6) is 11.5 Å². The number of amides is 1. The number of aromatic nitrogens is 3. The Morgan fingerprint density at radius 3 is 2.71 bits per heavy atom. The number of aryl methyl sites for hydroxylation is 2. The van der Waals surface area contributed by atoms with Crippen LogP contribution < -0.4 is 15.4 Å². The number of carbonyl (C=O) groups excluding carboxylic acids is 1. The molecule has 7 heteroatoms. The van der Waals surface area contributed by atoms with Gasteiger partial charge in [-0.2, -0.15) is 0 Å². The van der Waals surface area contributed by atoms with Gasteiger partial charge in [-0.05, 0) is 80.3 Å². The molecule has 0 spiro atoms. The van der Waals surface area contributed by atoms with E-state index in [2.05, 4.69) is 25.6 Å². The van der Waals surface area contributed by atoms with Gasteiger partial charge in [0.2, 0.25) is 5.91 Å². The minimum atomic E-state index is 0.148. The number of nitrogens with zero attached hydrogens (tertiary/aromatic N) is 3. The number of hydrogen-bond donors (Lipinski definition) is 2. The average molecular weight is 466 g/mol. The highest BCUT2D eigenvalue weighted by Gasteiger charge is 2.28. The molecule has 2 aromatic heterocycles. The third-order valence-electron chi connectivity index (χ3n) is 5.86. The minimum Gasteiger partial charge on any atom is -0.455 e. The van der Waals surface area contributed by atoms with Crippen LogP contribution in [0.15, 0.2) is 67.1 Å². The fraction of sp³-hybridized carbons (Fsp3) is 0.214. The molecular weight excluding hydrogens is 438 g/mol. The summed E-state index contributed by atoms with van der Waals surface area (Å²) in [6.45, 7) is 4.47. The largest absolute Gasteiger partial charge is 0.455 e. The van der Waals surface area contributed by atoms with Crippen LogP contribution in [0, 0.1) is 19.8 Å². The van der Waals surface area contributed by atoms with E-state index in [0.29, 0.717) is 12.3 Å². The monoisotopic (exact) mass is 465 g/mol. The van der Waals surface area contributed by atoms with Crippen molar-refractivity contribution in [3.63, 3.8) is 0 Å². The quantitative estimate of drug-likeness (QED) is 0.346. The topological polar surface area (TPSA) is 89.0 Å². The van der Waals surface area contributed by atoms with Crippen molar-refractivity contribution in [1.29, 1.82) is 0 Å². The van der Waals surface area contributed by atoms with Crippen molar-refractivity contribution in [3.8, 4) is 11.5 Å². The number of pyridine rings is 1. The summed E-state index contributed by atoms with van der Waals surface area (Å²) in [4.78, 5) is 24.9. The molecule has 4 aromatic rings. The fourth-order valence-corrected chi connectivity index (χ4v) is 3.74. The minimum absolute atomic E-state index is 0.148. The first-order valence-electron chi connectivity index (χ1n) is 11.7. The van der Waals surface area contributed by atoms with Crippen molar-refractivity contribution in [2.45, 2.75) is 26.7 Å². The summed E-state index contributed by atoms with van der Waals surface area (Å²) >= 11 is 0. The highest BCUT2D eigenvalue weighted by atomic mass is 16.5. The van der Waals surface area contributed by atoms with Crippen molar-refractivity contribution in [3.05, 3.63) is 84.0 Å². The van der Waals surface area contributed by atoms with E-state index in [4.69, 9.17) is 4.74 Å². The second kappa shape index (κ2) is 9.93. The second-order valence-electron chi connectivity index (χ2n) is 8.76. The number of anilines is 2. The molecule has 0 bridgehead atoms. The van der Waals surface area contributed by atoms with Crippen molar-refractivity contribution >= 4 is 34.4 Å². The first kappa shape index (κ1) is 22.5. The number of ether oxygens (including phenoxy) is 1. The van der Waals surface area contributed by atoms with Gasteiger partial charge in [0.25, 0.3) is 0 Å². The molecule has 0 saturated heterocycles. The molecule has 5 rings (SSSR count). The molecule has 7 nitrogen and oxygen atoms in total. The maximum atomic E-state index is 11.8.